The summed E-state index contributed by atoms with van der Waals surface area (Å²) in [5.74, 6) is 2.84. The van der Waals surface area contributed by atoms with Crippen LogP contribution in [0.25, 0.3) is 0 Å². The summed E-state index contributed by atoms with van der Waals surface area (Å²) in [6.07, 6.45) is 4.90. The summed E-state index contributed by atoms with van der Waals surface area (Å²) in [5, 5.41) is 8.83. The van der Waals surface area contributed by atoms with Gasteiger partial charge in [0.25, 0.3) is 20.0 Å². The molecular weight excluding hydrogens is 961 g/mol. The highest BCUT2D eigenvalue weighted by atomic mass is 32.2. The highest BCUT2D eigenvalue weighted by Crippen LogP contribution is 2.27. The first-order valence-corrected chi connectivity index (χ1v) is 26.5. The number of likely N-dealkylation sites (tertiary alicyclic amines) is 2. The average Bonchev–Trinajstić information content (AvgIpc) is 4.06. The Balaban J connectivity index is 0.000000214. The molecular formula is C52H66N8O10S2. The van der Waals surface area contributed by atoms with E-state index < -0.39 is 25.6 Å². The van der Waals surface area contributed by atoms with Crippen molar-refractivity contribution < 1.29 is 45.3 Å². The summed E-state index contributed by atoms with van der Waals surface area (Å²) >= 11 is 0. The molecule has 0 bridgehead atoms. The van der Waals surface area contributed by atoms with Crippen molar-refractivity contribution in [3.05, 3.63) is 144 Å². The summed E-state index contributed by atoms with van der Waals surface area (Å²) in [6, 6.07) is 32.8. The fourth-order valence-electron chi connectivity index (χ4n) is 8.04. The smallest absolute Gasteiger partial charge is 0.410 e. The largest absolute Gasteiger partial charge is 0.497 e. The number of rotatable bonds is 20. The molecule has 18 nitrogen and oxygen atoms in total. The van der Waals surface area contributed by atoms with Crippen LogP contribution >= 0.6 is 0 Å². The van der Waals surface area contributed by atoms with Crippen LogP contribution in [0.2, 0.25) is 0 Å². The van der Waals surface area contributed by atoms with Crippen LogP contribution < -0.4 is 18.9 Å². The van der Waals surface area contributed by atoms with Crippen LogP contribution in [0.15, 0.2) is 132 Å². The van der Waals surface area contributed by atoms with Crippen LogP contribution in [-0.4, -0.2) is 127 Å². The monoisotopic (exact) mass is 1030 g/mol. The number of hydrogen-bond acceptors (Lipinski definition) is 13. The molecule has 0 radical (unpaired) electrons. The SMILES string of the molecule is COc1ccc(CN(Cc2ccc(OC)cc2)S(=O)(=O)c2ccn(C[C@@H]3CCN3C(=O)OC(C)(C)C)n2)cc1.COc1ccc(CN(Cc2ccc(OC)cc2)S(=O)(=O)c2ccn(C[C@@H]3CCN3C)n2)cc1. The lowest BCUT2D eigenvalue weighted by Crippen LogP contribution is -2.54. The van der Waals surface area contributed by atoms with Gasteiger partial charge in [0.2, 0.25) is 0 Å². The third kappa shape index (κ3) is 13.7. The number of sulfonamides is 2. The highest BCUT2D eigenvalue weighted by molar-refractivity contribution is 7.89. The van der Waals surface area contributed by atoms with Crippen molar-refractivity contribution in [3.8, 4) is 23.0 Å². The molecule has 0 saturated carbocycles. The van der Waals surface area contributed by atoms with Crippen molar-refractivity contribution in [2.45, 2.75) is 101 Å². The Hall–Kier alpha value is -6.45. The zero-order valence-electron chi connectivity index (χ0n) is 42.2. The number of likely N-dealkylation sites (N-methyl/N-ethyl adjacent to an activating group) is 1. The van der Waals surface area contributed by atoms with Crippen LogP contribution in [0.1, 0.15) is 55.9 Å². The topological polar surface area (TPSA) is 180 Å². The van der Waals surface area contributed by atoms with Gasteiger partial charge < -0.3 is 33.5 Å². The van der Waals surface area contributed by atoms with Crippen LogP contribution in [0.3, 0.4) is 0 Å². The highest BCUT2D eigenvalue weighted by Gasteiger charge is 2.36. The first kappa shape index (κ1) is 53.4. The molecule has 6 aromatic rings. The maximum absolute atomic E-state index is 13.8. The summed E-state index contributed by atoms with van der Waals surface area (Å²) in [6.45, 7) is 8.95. The first-order chi connectivity index (χ1) is 34.4. The Labute approximate surface area is 423 Å². The van der Waals surface area contributed by atoms with Gasteiger partial charge in [0.1, 0.15) is 28.6 Å². The minimum Gasteiger partial charge on any atom is -0.497 e. The molecule has 2 fully saturated rings. The van der Waals surface area contributed by atoms with E-state index in [1.165, 1.54) is 14.7 Å². The maximum atomic E-state index is 13.8. The Morgan fingerprint density at radius 1 is 0.542 bits per heavy atom. The summed E-state index contributed by atoms with van der Waals surface area (Å²) in [5.41, 5.74) is 2.78. The minimum atomic E-state index is -3.95. The molecule has 4 heterocycles. The quantitative estimate of drug-likeness (QED) is 0.0745. The Bertz CT molecular complexity index is 2820. The number of methoxy groups -OCH3 is 4. The van der Waals surface area contributed by atoms with Gasteiger partial charge in [-0.05, 0) is 130 Å². The molecule has 72 heavy (non-hydrogen) atoms. The fourth-order valence-corrected chi connectivity index (χ4v) is 10.7. The average molecular weight is 1030 g/mol. The molecule has 0 spiro atoms. The van der Waals surface area contributed by atoms with Crippen LogP contribution in [0.4, 0.5) is 4.79 Å². The van der Waals surface area contributed by atoms with E-state index in [-0.39, 0.29) is 48.4 Å². The van der Waals surface area contributed by atoms with Gasteiger partial charge in [-0.25, -0.2) is 21.6 Å². The molecule has 0 N–H and O–H groups in total. The molecule has 2 saturated heterocycles. The van der Waals surface area contributed by atoms with Crippen molar-refractivity contribution in [2.75, 3.05) is 48.6 Å². The lowest BCUT2D eigenvalue weighted by Gasteiger charge is -2.41. The third-order valence-corrected chi connectivity index (χ3v) is 15.9. The second-order valence-corrected chi connectivity index (χ2v) is 22.5. The van der Waals surface area contributed by atoms with Crippen molar-refractivity contribution in [1.82, 2.24) is 38.0 Å². The lowest BCUT2D eigenvalue weighted by atomic mass is 10.0. The van der Waals surface area contributed by atoms with Crippen LogP contribution in [0.5, 0.6) is 23.0 Å². The number of hydrogen-bond donors (Lipinski definition) is 0. The molecule has 0 unspecified atom stereocenters. The van der Waals surface area contributed by atoms with Crippen molar-refractivity contribution >= 4 is 26.1 Å². The number of amides is 1. The summed E-state index contributed by atoms with van der Waals surface area (Å²) in [4.78, 5) is 16.4. The molecule has 8 rings (SSSR count). The molecule has 4 aromatic carbocycles. The van der Waals surface area contributed by atoms with E-state index in [1.54, 1.807) is 85.4 Å². The number of nitrogens with zero attached hydrogens (tertiary/aromatic N) is 8. The molecule has 386 valence electrons. The van der Waals surface area contributed by atoms with Gasteiger partial charge >= 0.3 is 6.09 Å². The van der Waals surface area contributed by atoms with Crippen molar-refractivity contribution in [3.63, 3.8) is 0 Å². The molecule has 1 amide bonds. The third-order valence-electron chi connectivity index (χ3n) is 12.5. The second kappa shape index (κ2) is 23.4. The van der Waals surface area contributed by atoms with Crippen molar-refractivity contribution in [2.24, 2.45) is 0 Å². The van der Waals surface area contributed by atoms with Gasteiger partial charge in [-0.3, -0.25) is 9.36 Å². The number of benzene rings is 4. The first-order valence-electron chi connectivity index (χ1n) is 23.7. The molecule has 0 aliphatic carbocycles. The normalized spacial score (nSPS) is 16.1. The van der Waals surface area contributed by atoms with E-state index in [4.69, 9.17) is 23.7 Å². The van der Waals surface area contributed by atoms with Gasteiger partial charge in [-0.15, -0.1) is 0 Å². The zero-order valence-corrected chi connectivity index (χ0v) is 43.9. The van der Waals surface area contributed by atoms with Gasteiger partial charge in [0, 0.05) is 51.2 Å². The second-order valence-electron chi connectivity index (χ2n) is 18.7. The number of carbonyl (C=O) groups excluding carboxylic acids is 1. The fraction of sp³-hybridized carbons (Fsp3) is 0.404. The van der Waals surface area contributed by atoms with E-state index in [1.807, 2.05) is 93.6 Å². The van der Waals surface area contributed by atoms with Gasteiger partial charge in [0.15, 0.2) is 10.1 Å². The number of aromatic nitrogens is 4. The predicted octanol–water partition coefficient (Wildman–Crippen LogP) is 7.30. The Morgan fingerprint density at radius 3 is 1.14 bits per heavy atom. The van der Waals surface area contributed by atoms with Crippen LogP contribution in [-0.2, 0) is 64.1 Å². The van der Waals surface area contributed by atoms with E-state index in [0.29, 0.717) is 37.2 Å². The maximum Gasteiger partial charge on any atom is 0.410 e. The molecule has 2 aliphatic rings. The lowest BCUT2D eigenvalue weighted by molar-refractivity contribution is -0.00892. The van der Waals surface area contributed by atoms with Gasteiger partial charge in [-0.2, -0.15) is 18.8 Å². The Morgan fingerprint density at radius 2 is 0.875 bits per heavy atom. The zero-order chi connectivity index (χ0) is 51.6. The predicted molar refractivity (Wildman–Crippen MR) is 272 cm³/mol. The Kier molecular flexibility index (Phi) is 17.3. The molecule has 2 atom stereocenters. The number of carbonyl (C=O) groups is 1. The standard InChI is InChI=1S/C28H36N4O6S.C24H30N4O4S/c1-28(2,3)38-27(33)32-17-14-23(32)20-30-16-15-26(29-30)39(34,35)31(18-21-6-10-24(36-4)11-7-21)19-22-8-12-25(37-5)13-9-22;1-26-14-12-21(26)18-27-15-13-24(25-27)33(29,30)28(16-19-4-8-22(31-2)9-5-19)17-20-6-10-23(32-3)11-7-20/h6-13,15-16,23H,14,17-20H2,1-5H3;4-11,13,15,21H,12,14,16-18H2,1-3H3/t23-;21-/m00/s1. The van der Waals surface area contributed by atoms with E-state index in [0.717, 1.165) is 53.1 Å². The van der Waals surface area contributed by atoms with Gasteiger partial charge in [-0.1, -0.05) is 48.5 Å². The minimum absolute atomic E-state index is 0.0485. The van der Waals surface area contributed by atoms with Crippen LogP contribution in [0, 0.1) is 0 Å². The van der Waals surface area contributed by atoms with E-state index in [2.05, 4.69) is 22.1 Å². The molecule has 2 aliphatic heterocycles. The molecule has 20 heteroatoms. The van der Waals surface area contributed by atoms with Gasteiger partial charge in [0.05, 0.1) is 47.6 Å². The van der Waals surface area contributed by atoms with E-state index in [9.17, 15) is 21.6 Å². The summed E-state index contributed by atoms with van der Waals surface area (Å²) < 4.78 is 87.4. The van der Waals surface area contributed by atoms with Crippen molar-refractivity contribution in [1.29, 1.82) is 0 Å². The van der Waals surface area contributed by atoms with E-state index >= 15 is 0 Å². The number of ether oxygens (including phenoxy) is 5. The molecule has 2 aromatic heterocycles. The summed E-state index contributed by atoms with van der Waals surface area (Å²) in [7, 11) is 0.676.